The van der Waals surface area contributed by atoms with Gasteiger partial charge in [-0.1, -0.05) is 29.4 Å². The first-order valence-electron chi connectivity index (χ1n) is 7.41. The van der Waals surface area contributed by atoms with Gasteiger partial charge in [-0.3, -0.25) is 9.78 Å². The highest BCUT2D eigenvalue weighted by Crippen LogP contribution is 2.31. The maximum Gasteiger partial charge on any atom is 0.276 e. The molecule has 0 unspecified atom stereocenters. The molecule has 2 aromatic heterocycles. The topological polar surface area (TPSA) is 72.1 Å². The van der Waals surface area contributed by atoms with Gasteiger partial charge >= 0.3 is 0 Å². The molecule has 114 valence electrons. The third kappa shape index (κ3) is 2.59. The lowest BCUT2D eigenvalue weighted by atomic mass is 10.1. The number of para-hydroxylation sites is 1. The van der Waals surface area contributed by atoms with Crippen LogP contribution in [0.4, 0.5) is 5.69 Å². The third-order valence-electron chi connectivity index (χ3n) is 3.88. The predicted molar refractivity (Wildman–Crippen MR) is 83.7 cm³/mol. The summed E-state index contributed by atoms with van der Waals surface area (Å²) in [6.45, 7) is 0.560. The average Bonchev–Trinajstić information content (AvgIpc) is 3.23. The van der Waals surface area contributed by atoms with Crippen LogP contribution >= 0.6 is 0 Å². The van der Waals surface area contributed by atoms with Crippen LogP contribution in [-0.2, 0) is 4.79 Å². The zero-order chi connectivity index (χ0) is 15.6. The Morgan fingerprint density at radius 2 is 1.91 bits per heavy atom. The van der Waals surface area contributed by atoms with Crippen LogP contribution in [0, 0.1) is 0 Å². The summed E-state index contributed by atoms with van der Waals surface area (Å²) >= 11 is 0. The van der Waals surface area contributed by atoms with E-state index in [0.29, 0.717) is 30.4 Å². The van der Waals surface area contributed by atoms with Crippen molar-refractivity contribution in [2.75, 3.05) is 11.4 Å². The Bertz CT molecular complexity index is 817. The zero-order valence-electron chi connectivity index (χ0n) is 12.3. The van der Waals surface area contributed by atoms with Crippen molar-refractivity contribution < 1.29 is 9.32 Å². The highest BCUT2D eigenvalue weighted by Gasteiger charge is 2.34. The standard InChI is InChI=1S/C17H14N4O2/c22-15-10-12(11-21(15)13-6-2-1-3-7-13)16-19-17(23-20-16)14-8-4-5-9-18-14/h1-9,12H,10-11H2/t12-/m0/s1. The molecule has 6 heteroatoms. The van der Waals surface area contributed by atoms with Crippen molar-refractivity contribution in [3.8, 4) is 11.6 Å². The van der Waals surface area contributed by atoms with E-state index in [2.05, 4.69) is 15.1 Å². The minimum absolute atomic E-state index is 0.0658. The van der Waals surface area contributed by atoms with Crippen LogP contribution in [0.3, 0.4) is 0 Å². The first-order valence-corrected chi connectivity index (χ1v) is 7.41. The summed E-state index contributed by atoms with van der Waals surface area (Å²) in [5.74, 6) is 0.943. The fourth-order valence-electron chi connectivity index (χ4n) is 2.73. The van der Waals surface area contributed by atoms with Crippen molar-refractivity contribution in [3.05, 3.63) is 60.6 Å². The molecule has 1 saturated heterocycles. The molecule has 0 bridgehead atoms. The van der Waals surface area contributed by atoms with Gasteiger partial charge in [0.25, 0.3) is 5.89 Å². The Labute approximate surface area is 132 Å². The number of anilines is 1. The van der Waals surface area contributed by atoms with E-state index in [0.717, 1.165) is 5.69 Å². The van der Waals surface area contributed by atoms with E-state index in [9.17, 15) is 4.79 Å². The van der Waals surface area contributed by atoms with E-state index < -0.39 is 0 Å². The first kappa shape index (κ1) is 13.6. The molecule has 1 aliphatic rings. The fraction of sp³-hybridized carbons (Fsp3) is 0.176. The lowest BCUT2D eigenvalue weighted by Crippen LogP contribution is -2.24. The Balaban J connectivity index is 1.56. The number of hydrogen-bond donors (Lipinski definition) is 0. The second-order valence-corrected chi connectivity index (χ2v) is 5.41. The van der Waals surface area contributed by atoms with Crippen LogP contribution in [-0.4, -0.2) is 27.6 Å². The van der Waals surface area contributed by atoms with E-state index in [-0.39, 0.29) is 11.8 Å². The molecule has 0 N–H and O–H groups in total. The molecule has 0 saturated carbocycles. The summed E-state index contributed by atoms with van der Waals surface area (Å²) in [5.41, 5.74) is 1.53. The van der Waals surface area contributed by atoms with E-state index in [4.69, 9.17) is 4.52 Å². The number of carbonyl (C=O) groups is 1. The molecular formula is C17H14N4O2. The van der Waals surface area contributed by atoms with E-state index in [1.54, 1.807) is 11.1 Å². The second kappa shape index (κ2) is 5.64. The molecule has 1 amide bonds. The normalized spacial score (nSPS) is 17.7. The van der Waals surface area contributed by atoms with Gasteiger partial charge in [-0.15, -0.1) is 0 Å². The Kier molecular flexibility index (Phi) is 3.34. The molecule has 1 fully saturated rings. The van der Waals surface area contributed by atoms with Gasteiger partial charge < -0.3 is 9.42 Å². The number of aromatic nitrogens is 3. The van der Waals surface area contributed by atoms with E-state index >= 15 is 0 Å². The Morgan fingerprint density at radius 3 is 2.70 bits per heavy atom. The molecule has 0 aliphatic carbocycles. The SMILES string of the molecule is O=C1C[C@H](c2noc(-c3ccccn3)n2)CN1c1ccccc1. The summed E-state index contributed by atoms with van der Waals surface area (Å²) in [5, 5.41) is 4.03. The average molecular weight is 306 g/mol. The number of amides is 1. The predicted octanol–water partition coefficient (Wildman–Crippen LogP) is 2.65. The summed E-state index contributed by atoms with van der Waals surface area (Å²) in [7, 11) is 0. The second-order valence-electron chi connectivity index (χ2n) is 5.41. The van der Waals surface area contributed by atoms with Gasteiger partial charge in [0.15, 0.2) is 5.82 Å². The van der Waals surface area contributed by atoms with Crippen LogP contribution in [0.5, 0.6) is 0 Å². The van der Waals surface area contributed by atoms with Gasteiger partial charge in [-0.2, -0.15) is 4.98 Å². The van der Waals surface area contributed by atoms with Gasteiger partial charge in [0, 0.05) is 30.8 Å². The van der Waals surface area contributed by atoms with Crippen LogP contribution in [0.1, 0.15) is 18.2 Å². The maximum atomic E-state index is 12.3. The smallest absolute Gasteiger partial charge is 0.276 e. The molecule has 0 radical (unpaired) electrons. The summed E-state index contributed by atoms with van der Waals surface area (Å²) in [6, 6.07) is 15.1. The van der Waals surface area contributed by atoms with E-state index in [1.165, 1.54) is 0 Å². The largest absolute Gasteiger partial charge is 0.332 e. The van der Waals surface area contributed by atoms with E-state index in [1.807, 2.05) is 48.5 Å². The van der Waals surface area contributed by atoms with Crippen molar-refractivity contribution in [1.82, 2.24) is 15.1 Å². The number of pyridine rings is 1. The lowest BCUT2D eigenvalue weighted by molar-refractivity contribution is -0.117. The molecule has 1 atom stereocenters. The minimum atomic E-state index is -0.0658. The van der Waals surface area contributed by atoms with Crippen LogP contribution < -0.4 is 4.90 Å². The monoisotopic (exact) mass is 306 g/mol. The molecule has 23 heavy (non-hydrogen) atoms. The summed E-state index contributed by atoms with van der Waals surface area (Å²) in [6.07, 6.45) is 2.06. The third-order valence-corrected chi connectivity index (χ3v) is 3.88. The number of benzene rings is 1. The maximum absolute atomic E-state index is 12.3. The first-order chi connectivity index (χ1) is 11.3. The minimum Gasteiger partial charge on any atom is -0.332 e. The van der Waals surface area contributed by atoms with Gasteiger partial charge in [-0.25, -0.2) is 0 Å². The van der Waals surface area contributed by atoms with Gasteiger partial charge in [0.2, 0.25) is 5.91 Å². The highest BCUT2D eigenvalue weighted by molar-refractivity contribution is 5.96. The van der Waals surface area contributed by atoms with Crippen molar-refractivity contribution in [3.63, 3.8) is 0 Å². The van der Waals surface area contributed by atoms with Crippen LogP contribution in [0.2, 0.25) is 0 Å². The van der Waals surface area contributed by atoms with Crippen LogP contribution in [0.25, 0.3) is 11.6 Å². The summed E-state index contributed by atoms with van der Waals surface area (Å²) < 4.78 is 5.29. The fourth-order valence-corrected chi connectivity index (χ4v) is 2.73. The molecule has 1 aromatic carbocycles. The Hall–Kier alpha value is -3.02. The van der Waals surface area contributed by atoms with Gasteiger partial charge in [-0.05, 0) is 24.3 Å². The van der Waals surface area contributed by atoms with Crippen molar-refractivity contribution >= 4 is 11.6 Å². The van der Waals surface area contributed by atoms with Crippen molar-refractivity contribution in [2.24, 2.45) is 0 Å². The zero-order valence-corrected chi connectivity index (χ0v) is 12.3. The van der Waals surface area contributed by atoms with Crippen molar-refractivity contribution in [2.45, 2.75) is 12.3 Å². The van der Waals surface area contributed by atoms with Crippen molar-refractivity contribution in [1.29, 1.82) is 0 Å². The van der Waals surface area contributed by atoms with Crippen LogP contribution in [0.15, 0.2) is 59.3 Å². The molecule has 1 aliphatic heterocycles. The quantitative estimate of drug-likeness (QED) is 0.744. The molecular weight excluding hydrogens is 292 g/mol. The molecule has 3 aromatic rings. The number of rotatable bonds is 3. The molecule has 0 spiro atoms. The molecule has 4 rings (SSSR count). The van der Waals surface area contributed by atoms with Gasteiger partial charge in [0.05, 0.1) is 0 Å². The van der Waals surface area contributed by atoms with Gasteiger partial charge in [0.1, 0.15) is 5.69 Å². The number of carbonyl (C=O) groups excluding carboxylic acids is 1. The highest BCUT2D eigenvalue weighted by atomic mass is 16.5. The molecule has 6 nitrogen and oxygen atoms in total. The molecule has 3 heterocycles. The lowest BCUT2D eigenvalue weighted by Gasteiger charge is -2.15. The Morgan fingerprint density at radius 1 is 1.09 bits per heavy atom. The summed E-state index contributed by atoms with van der Waals surface area (Å²) in [4.78, 5) is 22.6. The number of nitrogens with zero attached hydrogens (tertiary/aromatic N) is 4. The number of hydrogen-bond acceptors (Lipinski definition) is 5.